The third-order valence-corrected chi connectivity index (χ3v) is 3.77. The second kappa shape index (κ2) is 5.40. The van der Waals surface area contributed by atoms with Gasteiger partial charge in [-0.1, -0.05) is 11.6 Å². The Kier molecular flexibility index (Phi) is 5.61. The van der Waals surface area contributed by atoms with Gasteiger partial charge in [-0.15, -0.1) is 0 Å². The Balaban J connectivity index is 0.00000144. The predicted molar refractivity (Wildman–Crippen MR) is 51.3 cm³/mol. The normalized spacial score (nSPS) is 23.5. The van der Waals surface area contributed by atoms with Gasteiger partial charge in [-0.2, -0.15) is 0 Å². The molecule has 1 heterocycles. The van der Waals surface area contributed by atoms with Crippen LogP contribution in [0.1, 0.15) is 20.8 Å². The summed E-state index contributed by atoms with van der Waals surface area (Å²) in [5.41, 5.74) is 0.157. The van der Waals surface area contributed by atoms with Crippen molar-refractivity contribution in [3.05, 3.63) is 0 Å². The van der Waals surface area contributed by atoms with Crippen molar-refractivity contribution in [2.45, 2.75) is 32.4 Å². The second-order valence-electron chi connectivity index (χ2n) is 3.41. The van der Waals surface area contributed by atoms with Crippen LogP contribution in [0.2, 0.25) is 0 Å². The summed E-state index contributed by atoms with van der Waals surface area (Å²) < 4.78 is 6.21. The Morgan fingerprint density at radius 2 is 1.69 bits per heavy atom. The van der Waals surface area contributed by atoms with Gasteiger partial charge < -0.3 is 21.6 Å². The lowest BCUT2D eigenvalue weighted by atomic mass is 10.3. The van der Waals surface area contributed by atoms with Crippen LogP contribution >= 0.6 is 11.6 Å². The maximum Gasteiger partial charge on any atom is 0.193 e. The fourth-order valence-corrected chi connectivity index (χ4v) is 2.32. The molecule has 0 radical (unpaired) electrons. The summed E-state index contributed by atoms with van der Waals surface area (Å²) in [5, 5.41) is 0. The summed E-state index contributed by atoms with van der Waals surface area (Å²) in [4.78, 5) is 0. The van der Waals surface area contributed by atoms with Gasteiger partial charge in [-0.25, -0.2) is 0 Å². The van der Waals surface area contributed by atoms with Crippen LogP contribution in [0, 0.1) is 0 Å². The molecule has 1 rings (SSSR count). The number of hydrogen-bond acceptors (Lipinski definition) is 1. The first-order chi connectivity index (χ1) is 5.70. The summed E-state index contributed by atoms with van der Waals surface area (Å²) >= 11 is 6.35. The van der Waals surface area contributed by atoms with E-state index in [1.54, 1.807) is 0 Å². The van der Waals surface area contributed by atoms with E-state index in [0.29, 0.717) is 6.10 Å². The van der Waals surface area contributed by atoms with Gasteiger partial charge in [0.2, 0.25) is 0 Å². The molecule has 4 heteroatoms. The highest BCUT2D eigenvalue weighted by atomic mass is 35.5. The molecule has 0 N–H and O–H groups in total. The van der Waals surface area contributed by atoms with E-state index in [2.05, 4.69) is 20.8 Å². The number of nitrogens with zero attached hydrogens (tertiary/aromatic N) is 1. The van der Waals surface area contributed by atoms with Crippen LogP contribution in [0.4, 0.5) is 0 Å². The van der Waals surface area contributed by atoms with Crippen molar-refractivity contribution in [3.63, 3.8) is 0 Å². The Hall–Kier alpha value is 0.500. The number of ether oxygens (including phenoxy) is 1. The third-order valence-electron chi connectivity index (χ3n) is 3.08. The lowest BCUT2D eigenvalue weighted by Gasteiger charge is -2.39. The Morgan fingerprint density at radius 3 is 1.92 bits per heavy atom. The van der Waals surface area contributed by atoms with E-state index in [0.717, 1.165) is 30.7 Å². The maximum atomic E-state index is 6.35. The highest BCUT2D eigenvalue weighted by molar-refractivity contribution is 6.20. The van der Waals surface area contributed by atoms with Gasteiger partial charge >= 0.3 is 0 Å². The Bertz CT molecular complexity index is 138. The van der Waals surface area contributed by atoms with Crippen molar-refractivity contribution >= 4 is 11.6 Å². The summed E-state index contributed by atoms with van der Waals surface area (Å²) in [6.45, 7) is 10.7. The average molecular weight is 228 g/mol. The Labute approximate surface area is 92.2 Å². The second-order valence-corrected chi connectivity index (χ2v) is 3.86. The van der Waals surface area contributed by atoms with Crippen LogP contribution in [0.25, 0.3) is 0 Å². The molecule has 1 fully saturated rings. The lowest BCUT2D eigenvalue weighted by molar-refractivity contribution is -0.935. The molecule has 0 spiro atoms. The zero-order valence-electron chi connectivity index (χ0n) is 8.59. The predicted octanol–water partition coefficient (Wildman–Crippen LogP) is -1.17. The molecule has 0 amide bonds. The molecule has 1 aliphatic rings. The molecule has 2 nitrogen and oxygen atoms in total. The number of rotatable bonds is 5. The average Bonchev–Trinajstić information content (AvgIpc) is 2.91. The molecule has 1 aliphatic heterocycles. The molecule has 1 saturated heterocycles. The summed E-state index contributed by atoms with van der Waals surface area (Å²) in [7, 11) is 0. The smallest absolute Gasteiger partial charge is 0.193 e. The highest BCUT2D eigenvalue weighted by Gasteiger charge is 2.44. The Morgan fingerprint density at radius 1 is 1.31 bits per heavy atom. The summed E-state index contributed by atoms with van der Waals surface area (Å²) in [5.74, 6) is 0. The summed E-state index contributed by atoms with van der Waals surface area (Å²) in [6.07, 6.45) is 0.312. The molecular weight excluding hydrogens is 209 g/mol. The molecule has 0 bridgehead atoms. The minimum atomic E-state index is 0. The largest absolute Gasteiger partial charge is 1.00 e. The van der Waals surface area contributed by atoms with Gasteiger partial charge in [-0.05, 0) is 20.8 Å². The lowest BCUT2D eigenvalue weighted by Crippen LogP contribution is -3.00. The third kappa shape index (κ3) is 2.72. The maximum absolute atomic E-state index is 6.35. The van der Waals surface area contributed by atoms with Gasteiger partial charge in [0.1, 0.15) is 6.10 Å². The minimum absolute atomic E-state index is 0. The van der Waals surface area contributed by atoms with Crippen molar-refractivity contribution in [1.29, 1.82) is 0 Å². The first-order valence-corrected chi connectivity index (χ1v) is 5.25. The molecule has 0 aliphatic carbocycles. The van der Waals surface area contributed by atoms with Crippen molar-refractivity contribution in [1.82, 2.24) is 0 Å². The van der Waals surface area contributed by atoms with E-state index in [-0.39, 0.29) is 17.9 Å². The van der Waals surface area contributed by atoms with Crippen LogP contribution in [0.5, 0.6) is 0 Å². The molecule has 0 aromatic heterocycles. The quantitative estimate of drug-likeness (QED) is 0.250. The van der Waals surface area contributed by atoms with Gasteiger partial charge in [0.05, 0.1) is 26.2 Å². The SMILES string of the molecule is CC[N+](CC)(CC)C(Cl)C1CO1.[Cl-]. The van der Waals surface area contributed by atoms with E-state index in [4.69, 9.17) is 16.3 Å². The van der Waals surface area contributed by atoms with Crippen molar-refractivity contribution in [2.75, 3.05) is 26.2 Å². The van der Waals surface area contributed by atoms with Gasteiger partial charge in [-0.3, -0.25) is 0 Å². The van der Waals surface area contributed by atoms with Crippen LogP contribution in [0.3, 0.4) is 0 Å². The number of halogens is 2. The van der Waals surface area contributed by atoms with Crippen molar-refractivity contribution in [3.8, 4) is 0 Å². The first kappa shape index (κ1) is 13.5. The van der Waals surface area contributed by atoms with E-state index in [1.165, 1.54) is 0 Å². The van der Waals surface area contributed by atoms with Crippen LogP contribution < -0.4 is 12.4 Å². The van der Waals surface area contributed by atoms with Crippen molar-refractivity contribution in [2.24, 2.45) is 0 Å². The number of quaternary nitrogens is 1. The van der Waals surface area contributed by atoms with E-state index in [1.807, 2.05) is 0 Å². The zero-order chi connectivity index (χ0) is 9.19. The standard InChI is InChI=1S/C9H19ClNO.ClH/c1-4-11(5-2,6-3)9(10)8-7-12-8;/h8-9H,4-7H2,1-3H3;1H/q+1;/p-1. The molecule has 0 aromatic rings. The van der Waals surface area contributed by atoms with Gasteiger partial charge in [0.25, 0.3) is 0 Å². The van der Waals surface area contributed by atoms with E-state index in [9.17, 15) is 0 Å². The highest BCUT2D eigenvalue weighted by Crippen LogP contribution is 2.28. The van der Waals surface area contributed by atoms with Crippen molar-refractivity contribution < 1.29 is 21.6 Å². The summed E-state index contributed by atoms with van der Waals surface area (Å²) in [6, 6.07) is 0. The van der Waals surface area contributed by atoms with Gasteiger partial charge in [0.15, 0.2) is 5.50 Å². The number of likely N-dealkylation sites (N-methyl/N-ethyl adjacent to an activating group) is 1. The fourth-order valence-electron chi connectivity index (χ4n) is 1.76. The molecule has 0 aromatic carbocycles. The van der Waals surface area contributed by atoms with Gasteiger partial charge in [0, 0.05) is 0 Å². The number of alkyl halides is 1. The molecule has 0 saturated carbocycles. The molecule has 2 atom stereocenters. The molecule has 13 heavy (non-hydrogen) atoms. The topological polar surface area (TPSA) is 12.5 Å². The zero-order valence-corrected chi connectivity index (χ0v) is 10.1. The van der Waals surface area contributed by atoms with Crippen LogP contribution in [-0.2, 0) is 4.74 Å². The van der Waals surface area contributed by atoms with E-state index < -0.39 is 0 Å². The monoisotopic (exact) mass is 227 g/mol. The van der Waals surface area contributed by atoms with Crippen LogP contribution in [-0.4, -0.2) is 42.3 Å². The minimum Gasteiger partial charge on any atom is -1.00 e. The molecule has 2 unspecified atom stereocenters. The number of hydrogen-bond donors (Lipinski definition) is 0. The molecule has 80 valence electrons. The van der Waals surface area contributed by atoms with Crippen LogP contribution in [0.15, 0.2) is 0 Å². The molecular formula is C9H19Cl2NO. The first-order valence-electron chi connectivity index (χ1n) is 4.81. The van der Waals surface area contributed by atoms with E-state index >= 15 is 0 Å². The fraction of sp³-hybridized carbons (Fsp3) is 1.00. The number of epoxide rings is 1.